The number of rotatable bonds is 3. The van der Waals surface area contributed by atoms with Crippen LogP contribution in [0, 0.1) is 5.92 Å². The molecule has 16 heavy (non-hydrogen) atoms. The third-order valence-corrected chi connectivity index (χ3v) is 3.04. The molecule has 0 saturated carbocycles. The highest BCUT2D eigenvalue weighted by Gasteiger charge is 2.42. The molecule has 1 aliphatic carbocycles. The Morgan fingerprint density at radius 2 is 2.06 bits per heavy atom. The van der Waals surface area contributed by atoms with Gasteiger partial charge in [-0.15, -0.1) is 0 Å². The van der Waals surface area contributed by atoms with E-state index >= 15 is 0 Å². The minimum Gasteiger partial charge on any atom is -0.481 e. The topological polar surface area (TPSA) is 74.6 Å². The predicted octanol–water partition coefficient (Wildman–Crippen LogP) is 1.30. The molecular weight excluding hydrogens is 208 g/mol. The van der Waals surface area contributed by atoms with E-state index in [1.807, 2.05) is 0 Å². The van der Waals surface area contributed by atoms with Gasteiger partial charge < -0.3 is 10.2 Å². The highest BCUT2D eigenvalue weighted by Crippen LogP contribution is 2.34. The molecule has 0 radical (unpaired) electrons. The van der Waals surface area contributed by atoms with Gasteiger partial charge in [-0.1, -0.05) is 6.92 Å². The number of hydrogen-bond donors (Lipinski definition) is 2. The fourth-order valence-corrected chi connectivity index (χ4v) is 1.99. The lowest BCUT2D eigenvalue weighted by atomic mass is 9.75. The van der Waals surface area contributed by atoms with Crippen molar-refractivity contribution in [3.63, 3.8) is 0 Å². The zero-order chi connectivity index (χ0) is 12.5. The monoisotopic (exact) mass is 224 g/mol. The van der Waals surface area contributed by atoms with Crippen molar-refractivity contribution < 1.29 is 19.8 Å². The summed E-state index contributed by atoms with van der Waals surface area (Å²) in [4.78, 5) is 22.4. The van der Waals surface area contributed by atoms with Gasteiger partial charge in [-0.25, -0.2) is 0 Å². The SMILES string of the molecule is CCC(C(=O)O)C1(O)C=C(C)C(=O)C=C1C. The highest BCUT2D eigenvalue weighted by molar-refractivity contribution is 6.05. The van der Waals surface area contributed by atoms with Crippen LogP contribution in [-0.4, -0.2) is 27.6 Å². The Morgan fingerprint density at radius 3 is 2.50 bits per heavy atom. The van der Waals surface area contributed by atoms with Crippen molar-refractivity contribution >= 4 is 11.8 Å². The van der Waals surface area contributed by atoms with E-state index in [1.54, 1.807) is 20.8 Å². The third-order valence-electron chi connectivity index (χ3n) is 3.04. The molecule has 0 saturated heterocycles. The Labute approximate surface area is 94.3 Å². The van der Waals surface area contributed by atoms with Crippen molar-refractivity contribution in [3.05, 3.63) is 23.3 Å². The first-order valence-corrected chi connectivity index (χ1v) is 5.20. The second kappa shape index (κ2) is 4.22. The van der Waals surface area contributed by atoms with Gasteiger partial charge in [0.25, 0.3) is 0 Å². The Balaban J connectivity index is 3.23. The summed E-state index contributed by atoms with van der Waals surface area (Å²) >= 11 is 0. The molecule has 1 aliphatic rings. The van der Waals surface area contributed by atoms with E-state index in [-0.39, 0.29) is 5.78 Å². The fraction of sp³-hybridized carbons (Fsp3) is 0.500. The van der Waals surface area contributed by atoms with Crippen molar-refractivity contribution in [1.82, 2.24) is 0 Å². The van der Waals surface area contributed by atoms with Crippen molar-refractivity contribution in [1.29, 1.82) is 0 Å². The second-order valence-corrected chi connectivity index (χ2v) is 4.14. The number of aliphatic hydroxyl groups is 1. The van der Waals surface area contributed by atoms with Crippen LogP contribution in [0.2, 0.25) is 0 Å². The summed E-state index contributed by atoms with van der Waals surface area (Å²) in [5.74, 6) is -2.16. The molecule has 4 heteroatoms. The highest BCUT2D eigenvalue weighted by atomic mass is 16.4. The Morgan fingerprint density at radius 1 is 1.50 bits per heavy atom. The summed E-state index contributed by atoms with van der Waals surface area (Å²) < 4.78 is 0. The van der Waals surface area contributed by atoms with Crippen LogP contribution in [0.15, 0.2) is 23.3 Å². The number of ketones is 1. The molecule has 0 spiro atoms. The van der Waals surface area contributed by atoms with Crippen molar-refractivity contribution in [3.8, 4) is 0 Å². The quantitative estimate of drug-likeness (QED) is 0.757. The first-order valence-electron chi connectivity index (χ1n) is 5.20. The summed E-state index contributed by atoms with van der Waals surface area (Å²) in [7, 11) is 0. The van der Waals surface area contributed by atoms with Gasteiger partial charge in [-0.2, -0.15) is 0 Å². The lowest BCUT2D eigenvalue weighted by Crippen LogP contribution is -2.43. The molecule has 0 bridgehead atoms. The first kappa shape index (κ1) is 12.6. The molecule has 0 aromatic rings. The van der Waals surface area contributed by atoms with Crippen LogP contribution < -0.4 is 0 Å². The molecule has 0 aliphatic heterocycles. The van der Waals surface area contributed by atoms with Crippen LogP contribution in [-0.2, 0) is 9.59 Å². The van der Waals surface area contributed by atoms with Gasteiger partial charge in [-0.05, 0) is 43.6 Å². The maximum atomic E-state index is 11.4. The molecule has 2 atom stereocenters. The van der Waals surface area contributed by atoms with Gasteiger partial charge in [0.05, 0.1) is 5.92 Å². The van der Waals surface area contributed by atoms with Crippen LogP contribution in [0.5, 0.6) is 0 Å². The molecule has 0 fully saturated rings. The van der Waals surface area contributed by atoms with Crippen molar-refractivity contribution in [2.45, 2.75) is 32.8 Å². The molecule has 0 aromatic carbocycles. The van der Waals surface area contributed by atoms with E-state index in [4.69, 9.17) is 5.11 Å². The number of carboxylic acids is 1. The van der Waals surface area contributed by atoms with Gasteiger partial charge in [0.1, 0.15) is 5.60 Å². The zero-order valence-electron chi connectivity index (χ0n) is 9.65. The average molecular weight is 224 g/mol. The lowest BCUT2D eigenvalue weighted by Gasteiger charge is -2.34. The zero-order valence-corrected chi connectivity index (χ0v) is 9.65. The number of carbonyl (C=O) groups is 2. The Hall–Kier alpha value is -1.42. The molecule has 0 heterocycles. The fourth-order valence-electron chi connectivity index (χ4n) is 1.99. The van der Waals surface area contributed by atoms with E-state index in [2.05, 4.69) is 0 Å². The molecule has 0 amide bonds. The number of carbonyl (C=O) groups excluding carboxylic acids is 1. The minimum atomic E-state index is -1.54. The predicted molar refractivity (Wildman–Crippen MR) is 58.9 cm³/mol. The van der Waals surface area contributed by atoms with Crippen LogP contribution in [0.25, 0.3) is 0 Å². The van der Waals surface area contributed by atoms with Gasteiger partial charge in [-0.3, -0.25) is 9.59 Å². The molecular formula is C12H16O4. The van der Waals surface area contributed by atoms with Crippen LogP contribution in [0.4, 0.5) is 0 Å². The van der Waals surface area contributed by atoms with Crippen LogP contribution in [0.3, 0.4) is 0 Å². The minimum absolute atomic E-state index is 0.178. The van der Waals surface area contributed by atoms with E-state index in [1.165, 1.54) is 12.2 Å². The van der Waals surface area contributed by atoms with Crippen LogP contribution >= 0.6 is 0 Å². The summed E-state index contributed by atoms with van der Waals surface area (Å²) in [6.07, 6.45) is 2.96. The first-order chi connectivity index (χ1) is 7.32. The van der Waals surface area contributed by atoms with E-state index in [0.29, 0.717) is 17.6 Å². The third kappa shape index (κ3) is 1.93. The molecule has 0 aromatic heterocycles. The van der Waals surface area contributed by atoms with Crippen molar-refractivity contribution in [2.24, 2.45) is 5.92 Å². The number of allylic oxidation sites excluding steroid dienone is 2. The molecule has 1 rings (SSSR count). The largest absolute Gasteiger partial charge is 0.481 e. The number of carboxylic acid groups (broad SMARTS) is 1. The van der Waals surface area contributed by atoms with E-state index < -0.39 is 17.5 Å². The second-order valence-electron chi connectivity index (χ2n) is 4.14. The summed E-state index contributed by atoms with van der Waals surface area (Å²) in [5.41, 5.74) is -0.774. The molecule has 88 valence electrons. The van der Waals surface area contributed by atoms with Crippen LogP contribution in [0.1, 0.15) is 27.2 Å². The molecule has 2 N–H and O–H groups in total. The van der Waals surface area contributed by atoms with Gasteiger partial charge in [0.2, 0.25) is 0 Å². The lowest BCUT2D eigenvalue weighted by molar-refractivity contribution is -0.147. The van der Waals surface area contributed by atoms with Gasteiger partial charge in [0.15, 0.2) is 5.78 Å². The maximum Gasteiger partial charge on any atom is 0.310 e. The maximum absolute atomic E-state index is 11.4. The standard InChI is InChI=1S/C12H16O4/c1-4-9(11(14)15)12(16)6-7(2)10(13)5-8(12)3/h5-6,9,16H,4H2,1-3H3,(H,14,15). The smallest absolute Gasteiger partial charge is 0.310 e. The number of aliphatic carboxylic acids is 1. The van der Waals surface area contributed by atoms with Gasteiger partial charge >= 0.3 is 5.97 Å². The molecule has 2 unspecified atom stereocenters. The Bertz CT molecular complexity index is 392. The molecule has 4 nitrogen and oxygen atoms in total. The summed E-state index contributed by atoms with van der Waals surface area (Å²) in [5, 5.41) is 19.4. The van der Waals surface area contributed by atoms with Gasteiger partial charge in [0, 0.05) is 0 Å². The van der Waals surface area contributed by atoms with E-state index in [0.717, 1.165) is 0 Å². The normalized spacial score (nSPS) is 27.1. The van der Waals surface area contributed by atoms with Crippen molar-refractivity contribution in [2.75, 3.05) is 0 Å². The van der Waals surface area contributed by atoms with E-state index in [9.17, 15) is 14.7 Å². The average Bonchev–Trinajstić information content (AvgIpc) is 2.15. The Kier molecular flexibility index (Phi) is 3.33. The number of hydrogen-bond acceptors (Lipinski definition) is 3. The summed E-state index contributed by atoms with van der Waals surface area (Å²) in [6, 6.07) is 0. The summed E-state index contributed by atoms with van der Waals surface area (Å²) in [6.45, 7) is 4.85.